The predicted octanol–water partition coefficient (Wildman–Crippen LogP) is 2.10. The average Bonchev–Trinajstić information content (AvgIpc) is 3.09. The highest BCUT2D eigenvalue weighted by atomic mass is 16.2. The highest BCUT2D eigenvalue weighted by Gasteiger charge is 2.19. The second-order valence-electron chi connectivity index (χ2n) is 5.89. The van der Waals surface area contributed by atoms with Crippen molar-refractivity contribution in [3.63, 3.8) is 0 Å². The van der Waals surface area contributed by atoms with Crippen molar-refractivity contribution in [1.82, 2.24) is 19.4 Å². The molecule has 122 valence electrons. The van der Waals surface area contributed by atoms with Crippen LogP contribution in [0, 0.1) is 0 Å². The molecule has 0 saturated carbocycles. The molecule has 1 aromatic carbocycles. The van der Waals surface area contributed by atoms with Gasteiger partial charge in [0, 0.05) is 63.6 Å². The minimum Gasteiger partial charge on any atom is -0.340 e. The van der Waals surface area contributed by atoms with Crippen LogP contribution < -0.4 is 0 Å². The highest BCUT2D eigenvalue weighted by Crippen LogP contribution is 2.16. The maximum Gasteiger partial charge on any atom is 0.222 e. The lowest BCUT2D eigenvalue weighted by Crippen LogP contribution is -2.49. The van der Waals surface area contributed by atoms with Crippen LogP contribution in [0.3, 0.4) is 0 Å². The van der Waals surface area contributed by atoms with Gasteiger partial charge in [-0.15, -0.1) is 0 Å². The Morgan fingerprint density at radius 3 is 2.52 bits per heavy atom. The van der Waals surface area contributed by atoms with E-state index in [2.05, 4.69) is 26.6 Å². The van der Waals surface area contributed by atoms with E-state index in [1.165, 1.54) is 0 Å². The smallest absolute Gasteiger partial charge is 0.222 e. The lowest BCUT2D eigenvalue weighted by atomic mass is 10.2. The largest absolute Gasteiger partial charge is 0.340 e. The zero-order valence-corrected chi connectivity index (χ0v) is 13.7. The van der Waals surface area contributed by atoms with Crippen molar-refractivity contribution in [2.24, 2.45) is 0 Å². The van der Waals surface area contributed by atoms with Gasteiger partial charge < -0.3 is 9.47 Å². The summed E-state index contributed by atoms with van der Waals surface area (Å²) >= 11 is 0. The summed E-state index contributed by atoms with van der Waals surface area (Å²) in [5.74, 6) is 1.29. The van der Waals surface area contributed by atoms with Crippen LogP contribution >= 0.6 is 0 Å². The quantitative estimate of drug-likeness (QED) is 0.849. The van der Waals surface area contributed by atoms with E-state index in [4.69, 9.17) is 0 Å². The molecule has 3 rings (SSSR count). The number of imidazole rings is 1. The standard InChI is InChI=1S/C18H24N4O/c1-2-17(23)21-13-10-20(11-14-21)12-15-22-9-8-19-18(22)16-6-4-3-5-7-16/h3-9H,2,10-15H2,1H3. The molecule has 0 radical (unpaired) electrons. The number of hydrogen-bond acceptors (Lipinski definition) is 3. The fraction of sp³-hybridized carbons (Fsp3) is 0.444. The van der Waals surface area contributed by atoms with Gasteiger partial charge in [0.15, 0.2) is 0 Å². The van der Waals surface area contributed by atoms with Crippen molar-refractivity contribution < 1.29 is 4.79 Å². The number of aromatic nitrogens is 2. The molecular weight excluding hydrogens is 288 g/mol. The van der Waals surface area contributed by atoms with E-state index in [-0.39, 0.29) is 5.91 Å². The molecule has 2 aromatic rings. The molecule has 0 unspecified atom stereocenters. The summed E-state index contributed by atoms with van der Waals surface area (Å²) in [5.41, 5.74) is 1.15. The number of hydrogen-bond donors (Lipinski definition) is 0. The van der Waals surface area contributed by atoms with Gasteiger partial charge in [0.2, 0.25) is 5.91 Å². The second kappa shape index (κ2) is 7.42. The third-order valence-electron chi connectivity index (χ3n) is 4.43. The molecule has 1 aliphatic heterocycles. The molecule has 1 saturated heterocycles. The second-order valence-corrected chi connectivity index (χ2v) is 5.89. The molecule has 1 amide bonds. The lowest BCUT2D eigenvalue weighted by Gasteiger charge is -2.34. The number of carbonyl (C=O) groups is 1. The summed E-state index contributed by atoms with van der Waals surface area (Å²) < 4.78 is 2.21. The van der Waals surface area contributed by atoms with Crippen molar-refractivity contribution in [2.45, 2.75) is 19.9 Å². The minimum atomic E-state index is 0.269. The Bertz CT molecular complexity index is 629. The Labute approximate surface area is 137 Å². The van der Waals surface area contributed by atoms with Gasteiger partial charge in [0.25, 0.3) is 0 Å². The number of nitrogens with zero attached hydrogens (tertiary/aromatic N) is 4. The van der Waals surface area contributed by atoms with Crippen molar-refractivity contribution in [3.05, 3.63) is 42.7 Å². The Hall–Kier alpha value is -2.14. The van der Waals surface area contributed by atoms with Gasteiger partial charge >= 0.3 is 0 Å². The van der Waals surface area contributed by atoms with Gasteiger partial charge in [-0.25, -0.2) is 4.98 Å². The van der Waals surface area contributed by atoms with E-state index in [0.29, 0.717) is 6.42 Å². The van der Waals surface area contributed by atoms with E-state index in [0.717, 1.165) is 50.7 Å². The minimum absolute atomic E-state index is 0.269. The molecule has 0 atom stereocenters. The molecule has 5 nitrogen and oxygen atoms in total. The van der Waals surface area contributed by atoms with E-state index >= 15 is 0 Å². The first-order valence-electron chi connectivity index (χ1n) is 8.34. The number of benzene rings is 1. The van der Waals surface area contributed by atoms with Gasteiger partial charge in [-0.2, -0.15) is 0 Å². The SMILES string of the molecule is CCC(=O)N1CCN(CCn2ccnc2-c2ccccc2)CC1. The topological polar surface area (TPSA) is 41.4 Å². The maximum absolute atomic E-state index is 11.7. The molecular formula is C18H24N4O. The molecule has 23 heavy (non-hydrogen) atoms. The summed E-state index contributed by atoms with van der Waals surface area (Å²) in [6.07, 6.45) is 4.51. The van der Waals surface area contributed by atoms with Gasteiger partial charge in [0.1, 0.15) is 5.82 Å². The van der Waals surface area contributed by atoms with E-state index < -0.39 is 0 Å². The Balaban J connectivity index is 1.54. The molecule has 1 aromatic heterocycles. The first-order chi connectivity index (χ1) is 11.3. The van der Waals surface area contributed by atoms with Crippen LogP contribution in [0.1, 0.15) is 13.3 Å². The molecule has 0 aliphatic carbocycles. The lowest BCUT2D eigenvalue weighted by molar-refractivity contribution is -0.132. The van der Waals surface area contributed by atoms with Crippen LogP contribution in [0.15, 0.2) is 42.7 Å². The van der Waals surface area contributed by atoms with Gasteiger partial charge in [0.05, 0.1) is 0 Å². The molecule has 0 N–H and O–H groups in total. The predicted molar refractivity (Wildman–Crippen MR) is 91.0 cm³/mol. The molecule has 0 bridgehead atoms. The van der Waals surface area contributed by atoms with Gasteiger partial charge in [-0.3, -0.25) is 9.69 Å². The van der Waals surface area contributed by atoms with Crippen molar-refractivity contribution in [2.75, 3.05) is 32.7 Å². The van der Waals surface area contributed by atoms with Gasteiger partial charge in [-0.05, 0) is 0 Å². The fourth-order valence-corrected chi connectivity index (χ4v) is 3.03. The van der Waals surface area contributed by atoms with E-state index in [1.807, 2.05) is 42.4 Å². The van der Waals surface area contributed by atoms with Crippen molar-refractivity contribution in [1.29, 1.82) is 0 Å². The summed E-state index contributed by atoms with van der Waals surface area (Å²) in [7, 11) is 0. The zero-order chi connectivity index (χ0) is 16.1. The molecule has 2 heterocycles. The Morgan fingerprint density at radius 1 is 1.09 bits per heavy atom. The Kier molecular flexibility index (Phi) is 5.08. The first kappa shape index (κ1) is 15.7. The summed E-state index contributed by atoms with van der Waals surface area (Å²) in [6.45, 7) is 7.46. The van der Waals surface area contributed by atoms with E-state index in [1.54, 1.807) is 0 Å². The van der Waals surface area contributed by atoms with Crippen LogP contribution in [-0.4, -0.2) is 58.0 Å². The molecule has 0 spiro atoms. The van der Waals surface area contributed by atoms with Gasteiger partial charge in [-0.1, -0.05) is 37.3 Å². The van der Waals surface area contributed by atoms with Crippen LogP contribution in [0.4, 0.5) is 0 Å². The highest BCUT2D eigenvalue weighted by molar-refractivity contribution is 5.75. The monoisotopic (exact) mass is 312 g/mol. The average molecular weight is 312 g/mol. The Morgan fingerprint density at radius 2 is 1.83 bits per heavy atom. The van der Waals surface area contributed by atoms with Crippen LogP contribution in [0.25, 0.3) is 11.4 Å². The van der Waals surface area contributed by atoms with E-state index in [9.17, 15) is 4.79 Å². The molecule has 1 fully saturated rings. The third kappa shape index (κ3) is 3.79. The number of piperazine rings is 1. The fourth-order valence-electron chi connectivity index (χ4n) is 3.03. The summed E-state index contributed by atoms with van der Waals surface area (Å²) in [6, 6.07) is 10.3. The van der Waals surface area contributed by atoms with Crippen molar-refractivity contribution >= 4 is 5.91 Å². The first-order valence-corrected chi connectivity index (χ1v) is 8.34. The zero-order valence-electron chi connectivity index (χ0n) is 13.7. The molecule has 5 heteroatoms. The number of rotatable bonds is 5. The van der Waals surface area contributed by atoms with Crippen LogP contribution in [0.5, 0.6) is 0 Å². The number of amides is 1. The summed E-state index contributed by atoms with van der Waals surface area (Å²) in [4.78, 5) is 20.6. The number of carbonyl (C=O) groups excluding carboxylic acids is 1. The van der Waals surface area contributed by atoms with Crippen molar-refractivity contribution in [3.8, 4) is 11.4 Å². The molecule has 1 aliphatic rings. The van der Waals surface area contributed by atoms with Crippen LogP contribution in [-0.2, 0) is 11.3 Å². The van der Waals surface area contributed by atoms with Crippen LogP contribution in [0.2, 0.25) is 0 Å². The summed E-state index contributed by atoms with van der Waals surface area (Å²) in [5, 5.41) is 0. The third-order valence-corrected chi connectivity index (χ3v) is 4.43. The maximum atomic E-state index is 11.7. The normalized spacial score (nSPS) is 15.8.